The van der Waals surface area contributed by atoms with E-state index >= 15 is 0 Å². The third-order valence-electron chi connectivity index (χ3n) is 3.17. The van der Waals surface area contributed by atoms with Crippen LogP contribution >= 0.6 is 0 Å². The smallest absolute Gasteiger partial charge is 0.223 e. The molecule has 0 spiro atoms. The molecule has 2 rings (SSSR count). The SMILES string of the molecule is CCCNc1ncc(C)c(-c2ccc(OC)cc2OC)n1. The fourth-order valence-electron chi connectivity index (χ4n) is 2.03. The number of hydrogen-bond acceptors (Lipinski definition) is 5. The van der Waals surface area contributed by atoms with Gasteiger partial charge in [0.2, 0.25) is 5.95 Å². The molecule has 21 heavy (non-hydrogen) atoms. The van der Waals surface area contributed by atoms with Crippen LogP contribution in [0.1, 0.15) is 18.9 Å². The van der Waals surface area contributed by atoms with Crippen molar-refractivity contribution >= 4 is 5.95 Å². The van der Waals surface area contributed by atoms with Gasteiger partial charge in [-0.25, -0.2) is 9.97 Å². The van der Waals surface area contributed by atoms with Crippen molar-refractivity contribution in [1.82, 2.24) is 9.97 Å². The lowest BCUT2D eigenvalue weighted by Crippen LogP contribution is -2.05. The maximum atomic E-state index is 5.46. The Balaban J connectivity index is 2.45. The summed E-state index contributed by atoms with van der Waals surface area (Å²) in [6.07, 6.45) is 2.85. The summed E-state index contributed by atoms with van der Waals surface area (Å²) in [5, 5.41) is 3.20. The number of nitrogens with one attached hydrogen (secondary N) is 1. The summed E-state index contributed by atoms with van der Waals surface area (Å²) < 4.78 is 10.7. The molecule has 0 bridgehead atoms. The molecule has 0 aliphatic rings. The van der Waals surface area contributed by atoms with Gasteiger partial charge in [-0.2, -0.15) is 0 Å². The average molecular weight is 287 g/mol. The van der Waals surface area contributed by atoms with Gasteiger partial charge in [-0.15, -0.1) is 0 Å². The molecule has 1 N–H and O–H groups in total. The summed E-state index contributed by atoms with van der Waals surface area (Å²) >= 11 is 0. The van der Waals surface area contributed by atoms with E-state index in [-0.39, 0.29) is 0 Å². The second kappa shape index (κ2) is 6.92. The zero-order chi connectivity index (χ0) is 15.2. The summed E-state index contributed by atoms with van der Waals surface area (Å²) in [5.41, 5.74) is 2.79. The Kier molecular flexibility index (Phi) is 4.98. The number of ether oxygens (including phenoxy) is 2. The molecule has 5 nitrogen and oxygen atoms in total. The highest BCUT2D eigenvalue weighted by Crippen LogP contribution is 2.34. The van der Waals surface area contributed by atoms with Crippen molar-refractivity contribution in [3.63, 3.8) is 0 Å². The summed E-state index contributed by atoms with van der Waals surface area (Å²) in [5.74, 6) is 2.12. The first-order valence-electron chi connectivity index (χ1n) is 6.99. The van der Waals surface area contributed by atoms with E-state index in [0.717, 1.165) is 41.3 Å². The van der Waals surface area contributed by atoms with Crippen LogP contribution in [0.4, 0.5) is 5.95 Å². The van der Waals surface area contributed by atoms with Crippen molar-refractivity contribution < 1.29 is 9.47 Å². The van der Waals surface area contributed by atoms with Gasteiger partial charge >= 0.3 is 0 Å². The quantitative estimate of drug-likeness (QED) is 0.883. The molecule has 0 saturated heterocycles. The maximum Gasteiger partial charge on any atom is 0.223 e. The number of aryl methyl sites for hydroxylation is 1. The van der Waals surface area contributed by atoms with Crippen molar-refractivity contribution in [3.05, 3.63) is 30.0 Å². The summed E-state index contributed by atoms with van der Waals surface area (Å²) in [6.45, 7) is 4.94. The highest BCUT2D eigenvalue weighted by Gasteiger charge is 2.12. The second-order valence-electron chi connectivity index (χ2n) is 4.72. The second-order valence-corrected chi connectivity index (χ2v) is 4.72. The first kappa shape index (κ1) is 15.1. The van der Waals surface area contributed by atoms with Gasteiger partial charge in [0, 0.05) is 24.4 Å². The number of hydrogen-bond donors (Lipinski definition) is 1. The Morgan fingerprint density at radius 2 is 2.00 bits per heavy atom. The Labute approximate surface area is 125 Å². The lowest BCUT2D eigenvalue weighted by atomic mass is 10.1. The van der Waals surface area contributed by atoms with Gasteiger partial charge in [0.15, 0.2) is 0 Å². The molecular formula is C16H21N3O2. The normalized spacial score (nSPS) is 10.3. The zero-order valence-corrected chi connectivity index (χ0v) is 12.9. The lowest BCUT2D eigenvalue weighted by Gasteiger charge is -2.13. The number of anilines is 1. The van der Waals surface area contributed by atoms with Crippen LogP contribution in [0.15, 0.2) is 24.4 Å². The van der Waals surface area contributed by atoms with E-state index in [1.165, 1.54) is 0 Å². The van der Waals surface area contributed by atoms with Crippen LogP contribution in [0, 0.1) is 6.92 Å². The molecule has 0 unspecified atom stereocenters. The van der Waals surface area contributed by atoms with Crippen molar-refractivity contribution in [3.8, 4) is 22.8 Å². The fourth-order valence-corrected chi connectivity index (χ4v) is 2.03. The molecule has 1 aromatic carbocycles. The topological polar surface area (TPSA) is 56.3 Å². The number of benzene rings is 1. The van der Waals surface area contributed by atoms with E-state index in [1.54, 1.807) is 14.2 Å². The van der Waals surface area contributed by atoms with Crippen molar-refractivity contribution in [2.75, 3.05) is 26.1 Å². The maximum absolute atomic E-state index is 5.46. The van der Waals surface area contributed by atoms with Gasteiger partial charge in [0.1, 0.15) is 11.5 Å². The monoisotopic (exact) mass is 287 g/mol. The molecule has 5 heteroatoms. The first-order valence-corrected chi connectivity index (χ1v) is 6.99. The van der Waals surface area contributed by atoms with Gasteiger partial charge in [-0.05, 0) is 31.0 Å². The van der Waals surface area contributed by atoms with Gasteiger partial charge in [0.25, 0.3) is 0 Å². The largest absolute Gasteiger partial charge is 0.497 e. The van der Waals surface area contributed by atoms with Crippen LogP contribution in [0.5, 0.6) is 11.5 Å². The molecule has 0 amide bonds. The Morgan fingerprint density at radius 1 is 1.19 bits per heavy atom. The Hall–Kier alpha value is -2.30. The van der Waals surface area contributed by atoms with Crippen LogP contribution in [0.3, 0.4) is 0 Å². The molecular weight excluding hydrogens is 266 g/mol. The summed E-state index contributed by atoms with van der Waals surface area (Å²) in [7, 11) is 3.28. The van der Waals surface area contributed by atoms with E-state index in [4.69, 9.17) is 9.47 Å². The molecule has 1 aromatic heterocycles. The van der Waals surface area contributed by atoms with Crippen LogP contribution in [-0.2, 0) is 0 Å². The predicted octanol–water partition coefficient (Wildman–Crippen LogP) is 3.29. The standard InChI is InChI=1S/C16H21N3O2/c1-5-8-17-16-18-10-11(2)15(19-16)13-7-6-12(20-3)9-14(13)21-4/h6-7,9-10H,5,8H2,1-4H3,(H,17,18,19). The lowest BCUT2D eigenvalue weighted by molar-refractivity contribution is 0.395. The fraction of sp³-hybridized carbons (Fsp3) is 0.375. The third kappa shape index (κ3) is 3.42. The zero-order valence-electron chi connectivity index (χ0n) is 12.9. The molecule has 0 saturated carbocycles. The molecule has 0 radical (unpaired) electrons. The average Bonchev–Trinajstić information content (AvgIpc) is 2.53. The Bertz CT molecular complexity index is 614. The van der Waals surface area contributed by atoms with Crippen LogP contribution < -0.4 is 14.8 Å². The summed E-state index contributed by atoms with van der Waals surface area (Å²) in [4.78, 5) is 8.90. The van der Waals surface area contributed by atoms with Gasteiger partial charge in [-0.1, -0.05) is 6.92 Å². The van der Waals surface area contributed by atoms with Crippen molar-refractivity contribution in [2.24, 2.45) is 0 Å². The number of aromatic nitrogens is 2. The molecule has 0 aliphatic heterocycles. The van der Waals surface area contributed by atoms with Gasteiger partial charge < -0.3 is 14.8 Å². The number of methoxy groups -OCH3 is 2. The Morgan fingerprint density at radius 3 is 2.67 bits per heavy atom. The summed E-state index contributed by atoms with van der Waals surface area (Å²) in [6, 6.07) is 5.71. The van der Waals surface area contributed by atoms with Crippen LogP contribution in [0.25, 0.3) is 11.3 Å². The minimum Gasteiger partial charge on any atom is -0.497 e. The predicted molar refractivity (Wildman–Crippen MR) is 84.1 cm³/mol. The molecule has 1 heterocycles. The highest BCUT2D eigenvalue weighted by molar-refractivity contribution is 5.71. The number of rotatable bonds is 6. The van der Waals surface area contributed by atoms with Crippen molar-refractivity contribution in [1.29, 1.82) is 0 Å². The molecule has 0 fully saturated rings. The van der Waals surface area contributed by atoms with Gasteiger partial charge in [-0.3, -0.25) is 0 Å². The third-order valence-corrected chi connectivity index (χ3v) is 3.17. The van der Waals surface area contributed by atoms with E-state index in [1.807, 2.05) is 31.3 Å². The van der Waals surface area contributed by atoms with E-state index in [2.05, 4.69) is 22.2 Å². The first-order chi connectivity index (χ1) is 10.2. The van der Waals surface area contributed by atoms with Crippen molar-refractivity contribution in [2.45, 2.75) is 20.3 Å². The number of nitrogens with zero attached hydrogens (tertiary/aromatic N) is 2. The molecule has 0 aliphatic carbocycles. The minimum absolute atomic E-state index is 0.635. The van der Waals surface area contributed by atoms with E-state index in [9.17, 15) is 0 Å². The minimum atomic E-state index is 0.635. The van der Waals surface area contributed by atoms with Crippen LogP contribution in [-0.4, -0.2) is 30.7 Å². The van der Waals surface area contributed by atoms with Gasteiger partial charge in [0.05, 0.1) is 19.9 Å². The molecule has 112 valence electrons. The molecule has 2 aromatic rings. The van der Waals surface area contributed by atoms with Crippen LogP contribution in [0.2, 0.25) is 0 Å². The highest BCUT2D eigenvalue weighted by atomic mass is 16.5. The van der Waals surface area contributed by atoms with E-state index < -0.39 is 0 Å². The molecule has 0 atom stereocenters. The van der Waals surface area contributed by atoms with E-state index in [0.29, 0.717) is 5.95 Å².